The monoisotopic (exact) mass is 197 g/mol. The molecule has 0 atom stereocenters. The fourth-order valence-corrected chi connectivity index (χ4v) is 1.11. The van der Waals surface area contributed by atoms with Crippen LogP contribution in [0.4, 0.5) is 0 Å². The Kier molecular flexibility index (Phi) is 2.97. The van der Waals surface area contributed by atoms with Gasteiger partial charge in [-0.3, -0.25) is 0 Å². The summed E-state index contributed by atoms with van der Waals surface area (Å²) in [7, 11) is 0. The standard InChI is InChI=1S/C7H11N5S/c1-5-6(9)10-7(13-2)11-12(5)4-3-8/h3-4H,1,8H2,2H3,(H2,9,10,11)/b4-3-. The summed E-state index contributed by atoms with van der Waals surface area (Å²) in [5, 5.41) is 6.18. The third kappa shape index (κ3) is 2.03. The minimum Gasteiger partial charge on any atom is -0.403 e. The average molecular weight is 197 g/mol. The van der Waals surface area contributed by atoms with Crippen LogP contribution >= 0.6 is 11.8 Å². The minimum absolute atomic E-state index is 0.359. The van der Waals surface area contributed by atoms with Crippen LogP contribution in [0.15, 0.2) is 34.8 Å². The number of hydrogen-bond donors (Lipinski definition) is 2. The van der Waals surface area contributed by atoms with Crippen molar-refractivity contribution in [2.24, 2.45) is 21.6 Å². The van der Waals surface area contributed by atoms with Gasteiger partial charge in [0.2, 0.25) is 5.17 Å². The maximum absolute atomic E-state index is 5.60. The molecule has 0 aromatic heterocycles. The molecule has 6 heteroatoms. The molecule has 0 aromatic rings. The number of hydrazone groups is 1. The molecule has 0 spiro atoms. The van der Waals surface area contributed by atoms with Crippen LogP contribution in [-0.4, -0.2) is 22.3 Å². The normalized spacial score (nSPS) is 17.6. The fourth-order valence-electron chi connectivity index (χ4n) is 0.751. The topological polar surface area (TPSA) is 80.0 Å². The van der Waals surface area contributed by atoms with Crippen LogP contribution in [0.25, 0.3) is 0 Å². The Morgan fingerprint density at radius 1 is 1.62 bits per heavy atom. The van der Waals surface area contributed by atoms with Crippen molar-refractivity contribution in [2.45, 2.75) is 0 Å². The van der Waals surface area contributed by atoms with E-state index >= 15 is 0 Å². The van der Waals surface area contributed by atoms with Gasteiger partial charge in [-0.1, -0.05) is 18.3 Å². The highest BCUT2D eigenvalue weighted by Crippen LogP contribution is 2.14. The first kappa shape index (κ1) is 9.66. The molecular formula is C7H11N5S. The number of aliphatic imine (C=N–C) groups is 1. The summed E-state index contributed by atoms with van der Waals surface area (Å²) < 4.78 is 0. The highest BCUT2D eigenvalue weighted by molar-refractivity contribution is 8.13. The maximum atomic E-state index is 5.60. The summed E-state index contributed by atoms with van der Waals surface area (Å²) >= 11 is 1.41. The molecule has 0 aromatic carbocycles. The molecule has 0 fully saturated rings. The molecule has 0 bridgehead atoms. The third-order valence-electron chi connectivity index (χ3n) is 1.39. The van der Waals surface area contributed by atoms with Gasteiger partial charge in [0.25, 0.3) is 0 Å². The first-order valence-corrected chi connectivity index (χ1v) is 4.75. The Balaban J connectivity index is 2.95. The van der Waals surface area contributed by atoms with Crippen LogP contribution in [-0.2, 0) is 0 Å². The molecule has 0 aliphatic carbocycles. The molecular weight excluding hydrogens is 186 g/mol. The van der Waals surface area contributed by atoms with Gasteiger partial charge in [0, 0.05) is 12.4 Å². The molecule has 0 radical (unpaired) electrons. The van der Waals surface area contributed by atoms with Crippen LogP contribution in [0, 0.1) is 0 Å². The molecule has 13 heavy (non-hydrogen) atoms. The van der Waals surface area contributed by atoms with E-state index in [9.17, 15) is 0 Å². The van der Waals surface area contributed by atoms with Gasteiger partial charge in [-0.05, 0) is 6.26 Å². The summed E-state index contributed by atoms with van der Waals surface area (Å²) in [6.07, 6.45) is 4.80. The van der Waals surface area contributed by atoms with Crippen molar-refractivity contribution in [3.8, 4) is 0 Å². The number of rotatable bonds is 1. The molecule has 70 valence electrons. The Morgan fingerprint density at radius 2 is 2.31 bits per heavy atom. The second-order valence-electron chi connectivity index (χ2n) is 2.22. The Hall–Kier alpha value is -1.43. The van der Waals surface area contributed by atoms with Crippen LogP contribution in [0.3, 0.4) is 0 Å². The minimum atomic E-state index is 0.359. The molecule has 5 nitrogen and oxygen atoms in total. The van der Waals surface area contributed by atoms with Gasteiger partial charge in [0.15, 0.2) is 5.84 Å². The lowest BCUT2D eigenvalue weighted by molar-refractivity contribution is 0.519. The number of nitrogens with zero attached hydrogens (tertiary/aromatic N) is 3. The van der Waals surface area contributed by atoms with E-state index in [-0.39, 0.29) is 0 Å². The zero-order valence-electron chi connectivity index (χ0n) is 7.27. The van der Waals surface area contributed by atoms with Gasteiger partial charge < -0.3 is 11.5 Å². The molecule has 1 aliphatic heterocycles. The largest absolute Gasteiger partial charge is 0.403 e. The van der Waals surface area contributed by atoms with E-state index in [1.54, 1.807) is 6.20 Å². The Labute approximate surface area is 80.9 Å². The molecule has 0 saturated heterocycles. The van der Waals surface area contributed by atoms with Crippen molar-refractivity contribution in [1.29, 1.82) is 0 Å². The summed E-state index contributed by atoms with van der Waals surface area (Å²) in [6, 6.07) is 0. The van der Waals surface area contributed by atoms with E-state index in [0.717, 1.165) is 0 Å². The van der Waals surface area contributed by atoms with Crippen LogP contribution in [0.2, 0.25) is 0 Å². The summed E-state index contributed by atoms with van der Waals surface area (Å²) in [5.41, 5.74) is 11.4. The van der Waals surface area contributed by atoms with Gasteiger partial charge in [-0.25, -0.2) is 10.0 Å². The highest BCUT2D eigenvalue weighted by Gasteiger charge is 2.14. The molecule has 1 heterocycles. The van der Waals surface area contributed by atoms with Gasteiger partial charge in [-0.15, -0.1) is 5.10 Å². The fraction of sp³-hybridized carbons (Fsp3) is 0.143. The zero-order valence-corrected chi connectivity index (χ0v) is 8.08. The molecule has 0 unspecified atom stereocenters. The van der Waals surface area contributed by atoms with Crippen molar-refractivity contribution in [3.63, 3.8) is 0 Å². The summed E-state index contributed by atoms with van der Waals surface area (Å²) in [6.45, 7) is 3.71. The average Bonchev–Trinajstić information content (AvgIpc) is 2.13. The predicted molar refractivity (Wildman–Crippen MR) is 56.9 cm³/mol. The lowest BCUT2D eigenvalue weighted by atomic mass is 10.4. The number of amidine groups is 2. The lowest BCUT2D eigenvalue weighted by Gasteiger charge is -2.20. The van der Waals surface area contributed by atoms with E-state index in [1.807, 2.05) is 6.26 Å². The quantitative estimate of drug-likeness (QED) is 0.631. The first-order chi connectivity index (χ1) is 6.19. The molecule has 1 rings (SSSR count). The smallest absolute Gasteiger partial charge is 0.209 e. The SMILES string of the molecule is C=C1C(N)=NC(SC)=NN1/C=C\N. The van der Waals surface area contributed by atoms with Crippen molar-refractivity contribution in [3.05, 3.63) is 24.7 Å². The lowest BCUT2D eigenvalue weighted by Crippen LogP contribution is -2.29. The second kappa shape index (κ2) is 3.99. The van der Waals surface area contributed by atoms with Crippen LogP contribution < -0.4 is 11.5 Å². The maximum Gasteiger partial charge on any atom is 0.209 e. The molecule has 0 saturated carbocycles. The van der Waals surface area contributed by atoms with Crippen molar-refractivity contribution >= 4 is 22.8 Å². The molecule has 0 amide bonds. The molecule has 1 aliphatic rings. The van der Waals surface area contributed by atoms with Gasteiger partial charge >= 0.3 is 0 Å². The third-order valence-corrected chi connectivity index (χ3v) is 1.93. The van der Waals surface area contributed by atoms with Crippen molar-refractivity contribution in [2.75, 3.05) is 6.26 Å². The van der Waals surface area contributed by atoms with Crippen LogP contribution in [0.1, 0.15) is 0 Å². The Morgan fingerprint density at radius 3 is 2.85 bits per heavy atom. The highest BCUT2D eigenvalue weighted by atomic mass is 32.2. The zero-order chi connectivity index (χ0) is 9.84. The van der Waals surface area contributed by atoms with Gasteiger partial charge in [0.1, 0.15) is 0 Å². The second-order valence-corrected chi connectivity index (χ2v) is 2.99. The van der Waals surface area contributed by atoms with Gasteiger partial charge in [-0.2, -0.15) is 0 Å². The van der Waals surface area contributed by atoms with Crippen molar-refractivity contribution < 1.29 is 0 Å². The Bertz CT molecular complexity index is 304. The molecule has 4 N–H and O–H groups in total. The van der Waals surface area contributed by atoms with Crippen LogP contribution in [0.5, 0.6) is 0 Å². The summed E-state index contributed by atoms with van der Waals surface area (Å²) in [4.78, 5) is 4.01. The number of thioether (sulfide) groups is 1. The van der Waals surface area contributed by atoms with E-state index in [0.29, 0.717) is 16.7 Å². The van der Waals surface area contributed by atoms with Gasteiger partial charge in [0.05, 0.1) is 5.70 Å². The van der Waals surface area contributed by atoms with Crippen molar-refractivity contribution in [1.82, 2.24) is 5.01 Å². The number of hydrogen-bond acceptors (Lipinski definition) is 6. The van der Waals surface area contributed by atoms with E-state index in [2.05, 4.69) is 16.7 Å². The summed E-state index contributed by atoms with van der Waals surface area (Å²) in [5.74, 6) is 0.359. The van der Waals surface area contributed by atoms with E-state index < -0.39 is 0 Å². The van der Waals surface area contributed by atoms with E-state index in [4.69, 9.17) is 11.5 Å². The van der Waals surface area contributed by atoms with E-state index in [1.165, 1.54) is 23.0 Å². The predicted octanol–water partition coefficient (Wildman–Crippen LogP) is 0.237. The number of nitrogens with two attached hydrogens (primary N) is 2. The first-order valence-electron chi connectivity index (χ1n) is 3.52.